The Morgan fingerprint density at radius 3 is 2.32 bits per heavy atom. The largest absolute Gasteiger partial charge is 0.271 e. The van der Waals surface area contributed by atoms with Crippen LogP contribution in [0.25, 0.3) is 0 Å². The van der Waals surface area contributed by atoms with Crippen molar-refractivity contribution in [2.75, 3.05) is 0 Å². The van der Waals surface area contributed by atoms with Gasteiger partial charge in [-0.25, -0.2) is 5.43 Å². The molecule has 1 heterocycles. The zero-order chi connectivity index (χ0) is 17.6. The highest BCUT2D eigenvalue weighted by Gasteiger charge is 2.10. The van der Waals surface area contributed by atoms with Gasteiger partial charge in [-0.3, -0.25) is 9.78 Å². The molecule has 25 heavy (non-hydrogen) atoms. The minimum atomic E-state index is -0.236. The van der Waals surface area contributed by atoms with Gasteiger partial charge >= 0.3 is 0 Å². The lowest BCUT2D eigenvalue weighted by Gasteiger charge is -2.08. The molecule has 0 bridgehead atoms. The van der Waals surface area contributed by atoms with Gasteiger partial charge in [-0.2, -0.15) is 5.10 Å². The van der Waals surface area contributed by atoms with Crippen LogP contribution in [0.2, 0.25) is 0 Å². The van der Waals surface area contributed by atoms with Gasteiger partial charge < -0.3 is 0 Å². The summed E-state index contributed by atoms with van der Waals surface area (Å²) in [5.41, 5.74) is 7.91. The number of hydrogen-bond acceptors (Lipinski definition) is 3. The van der Waals surface area contributed by atoms with E-state index in [9.17, 15) is 4.79 Å². The van der Waals surface area contributed by atoms with Gasteiger partial charge in [0.1, 0.15) is 0 Å². The molecule has 0 atom stereocenters. The average molecular weight is 329 g/mol. The van der Waals surface area contributed by atoms with Crippen LogP contribution < -0.4 is 5.43 Å². The third-order valence-corrected chi connectivity index (χ3v) is 4.02. The number of hydrazone groups is 1. The minimum Gasteiger partial charge on any atom is -0.267 e. The Labute approximate surface area is 147 Å². The molecular weight excluding hydrogens is 310 g/mol. The number of hydrogen-bond donors (Lipinski definition) is 1. The van der Waals surface area contributed by atoms with Crippen LogP contribution in [-0.2, 0) is 0 Å². The first-order chi connectivity index (χ1) is 12.1. The van der Waals surface area contributed by atoms with Crippen molar-refractivity contribution in [2.45, 2.75) is 13.8 Å². The smallest absolute Gasteiger partial charge is 0.267 e. The molecule has 0 unspecified atom stereocenters. The number of carbonyl (C=O) groups is 1. The fraction of sp³-hybridized carbons (Fsp3) is 0.0952. The van der Waals surface area contributed by atoms with Crippen molar-refractivity contribution in [3.05, 3.63) is 101 Å². The Bertz CT molecular complexity index is 861. The monoisotopic (exact) mass is 329 g/mol. The van der Waals surface area contributed by atoms with Crippen LogP contribution in [0.3, 0.4) is 0 Å². The van der Waals surface area contributed by atoms with Crippen LogP contribution in [0.15, 0.2) is 78.2 Å². The number of nitrogens with one attached hydrogen (secondary N) is 1. The Kier molecular flexibility index (Phi) is 5.00. The minimum absolute atomic E-state index is 0.236. The number of rotatable bonds is 4. The Balaban J connectivity index is 1.91. The third-order valence-electron chi connectivity index (χ3n) is 4.02. The topological polar surface area (TPSA) is 54.4 Å². The summed E-state index contributed by atoms with van der Waals surface area (Å²) in [5, 5.41) is 4.37. The molecule has 3 aromatic rings. The molecule has 0 aliphatic carbocycles. The van der Waals surface area contributed by atoms with Crippen molar-refractivity contribution in [1.82, 2.24) is 10.4 Å². The first-order valence-corrected chi connectivity index (χ1v) is 8.06. The second kappa shape index (κ2) is 7.53. The standard InChI is InChI=1S/C21H19N3O/c1-15-10-11-18(13-16(15)2)21(25)24-23-20(17-7-4-3-5-8-17)19-9-6-12-22-14-19/h3-14H,1-2H3,(H,24,25)/b23-20-. The molecule has 0 aliphatic heterocycles. The van der Waals surface area contributed by atoms with Crippen LogP contribution in [-0.4, -0.2) is 16.6 Å². The van der Waals surface area contributed by atoms with E-state index < -0.39 is 0 Å². The molecule has 3 rings (SSSR count). The number of carbonyl (C=O) groups excluding carboxylic acids is 1. The van der Waals surface area contributed by atoms with Gasteiger partial charge in [0.25, 0.3) is 5.91 Å². The second-order valence-corrected chi connectivity index (χ2v) is 5.81. The molecule has 4 nitrogen and oxygen atoms in total. The predicted octanol–water partition coefficient (Wildman–Crippen LogP) is 3.88. The first-order valence-electron chi connectivity index (χ1n) is 8.06. The van der Waals surface area contributed by atoms with Gasteiger partial charge in [0.15, 0.2) is 0 Å². The summed E-state index contributed by atoms with van der Waals surface area (Å²) in [6.45, 7) is 4.01. The van der Waals surface area contributed by atoms with E-state index in [1.54, 1.807) is 18.5 Å². The van der Waals surface area contributed by atoms with Crippen molar-refractivity contribution in [3.8, 4) is 0 Å². The Morgan fingerprint density at radius 1 is 0.880 bits per heavy atom. The zero-order valence-electron chi connectivity index (χ0n) is 14.2. The molecule has 0 saturated carbocycles. The zero-order valence-corrected chi connectivity index (χ0v) is 14.2. The van der Waals surface area contributed by atoms with Crippen molar-refractivity contribution in [3.63, 3.8) is 0 Å². The lowest BCUT2D eigenvalue weighted by Crippen LogP contribution is -2.20. The molecule has 0 fully saturated rings. The summed E-state index contributed by atoms with van der Waals surface area (Å²) in [5.74, 6) is -0.236. The second-order valence-electron chi connectivity index (χ2n) is 5.81. The highest BCUT2D eigenvalue weighted by Crippen LogP contribution is 2.11. The van der Waals surface area contributed by atoms with Gasteiger partial charge in [0, 0.05) is 29.1 Å². The predicted molar refractivity (Wildman–Crippen MR) is 99.7 cm³/mol. The van der Waals surface area contributed by atoms with Crippen LogP contribution >= 0.6 is 0 Å². The number of benzene rings is 2. The fourth-order valence-electron chi connectivity index (χ4n) is 2.45. The summed E-state index contributed by atoms with van der Waals surface area (Å²) in [6.07, 6.45) is 3.44. The van der Waals surface area contributed by atoms with E-state index in [1.807, 2.05) is 68.4 Å². The normalized spacial score (nSPS) is 11.2. The van der Waals surface area contributed by atoms with Gasteiger partial charge in [0.05, 0.1) is 5.71 Å². The van der Waals surface area contributed by atoms with Crippen molar-refractivity contribution in [2.24, 2.45) is 5.10 Å². The summed E-state index contributed by atoms with van der Waals surface area (Å²) in [4.78, 5) is 16.6. The lowest BCUT2D eigenvalue weighted by atomic mass is 10.0. The fourth-order valence-corrected chi connectivity index (χ4v) is 2.45. The van der Waals surface area contributed by atoms with E-state index in [1.165, 1.54) is 0 Å². The molecule has 0 radical (unpaired) electrons. The maximum absolute atomic E-state index is 12.4. The van der Waals surface area contributed by atoms with Gasteiger partial charge in [-0.05, 0) is 49.2 Å². The molecule has 2 aromatic carbocycles. The van der Waals surface area contributed by atoms with E-state index in [0.717, 1.165) is 22.3 Å². The van der Waals surface area contributed by atoms with E-state index in [4.69, 9.17) is 0 Å². The van der Waals surface area contributed by atoms with Crippen LogP contribution in [0.5, 0.6) is 0 Å². The van der Waals surface area contributed by atoms with E-state index in [-0.39, 0.29) is 5.91 Å². The SMILES string of the molecule is Cc1ccc(C(=O)N/N=C(/c2ccccc2)c2cccnc2)cc1C. The van der Waals surface area contributed by atoms with Crippen molar-refractivity contribution >= 4 is 11.6 Å². The number of aryl methyl sites for hydroxylation is 2. The Hall–Kier alpha value is -3.27. The molecule has 1 amide bonds. The van der Waals surface area contributed by atoms with Crippen molar-refractivity contribution in [1.29, 1.82) is 0 Å². The van der Waals surface area contributed by atoms with E-state index in [2.05, 4.69) is 15.5 Å². The summed E-state index contributed by atoms with van der Waals surface area (Å²) >= 11 is 0. The number of amides is 1. The highest BCUT2D eigenvalue weighted by atomic mass is 16.2. The number of aromatic nitrogens is 1. The summed E-state index contributed by atoms with van der Waals surface area (Å²) in [7, 11) is 0. The van der Waals surface area contributed by atoms with Crippen LogP contribution in [0, 0.1) is 13.8 Å². The van der Waals surface area contributed by atoms with Crippen LogP contribution in [0.4, 0.5) is 0 Å². The van der Waals surface area contributed by atoms with E-state index in [0.29, 0.717) is 11.3 Å². The molecule has 0 saturated heterocycles. The maximum Gasteiger partial charge on any atom is 0.271 e. The van der Waals surface area contributed by atoms with Gasteiger partial charge in [-0.1, -0.05) is 36.4 Å². The highest BCUT2D eigenvalue weighted by molar-refractivity contribution is 6.13. The van der Waals surface area contributed by atoms with E-state index >= 15 is 0 Å². The maximum atomic E-state index is 12.4. The van der Waals surface area contributed by atoms with Crippen LogP contribution in [0.1, 0.15) is 32.6 Å². The molecule has 1 aromatic heterocycles. The van der Waals surface area contributed by atoms with Crippen molar-refractivity contribution < 1.29 is 4.79 Å². The molecular formula is C21H19N3O. The molecule has 124 valence electrons. The summed E-state index contributed by atoms with van der Waals surface area (Å²) in [6, 6.07) is 19.1. The molecule has 0 spiro atoms. The quantitative estimate of drug-likeness (QED) is 0.583. The number of nitrogens with zero attached hydrogens (tertiary/aromatic N) is 2. The first kappa shape index (κ1) is 16.6. The average Bonchev–Trinajstić information content (AvgIpc) is 2.66. The molecule has 4 heteroatoms. The molecule has 0 aliphatic rings. The number of pyridine rings is 1. The van der Waals surface area contributed by atoms with Gasteiger partial charge in [0.2, 0.25) is 0 Å². The third kappa shape index (κ3) is 3.98. The summed E-state index contributed by atoms with van der Waals surface area (Å²) < 4.78 is 0. The molecule has 1 N–H and O–H groups in total. The lowest BCUT2D eigenvalue weighted by molar-refractivity contribution is 0.0955. The van der Waals surface area contributed by atoms with Gasteiger partial charge in [-0.15, -0.1) is 0 Å². The Morgan fingerprint density at radius 2 is 1.64 bits per heavy atom.